The molecule has 1 saturated heterocycles. The Morgan fingerprint density at radius 3 is 3.00 bits per heavy atom. The number of hydrogen-bond donors (Lipinski definition) is 2. The molecular weight excluding hydrogens is 218 g/mol. The van der Waals surface area contributed by atoms with E-state index in [0.717, 1.165) is 19.4 Å². The van der Waals surface area contributed by atoms with Gasteiger partial charge in [-0.25, -0.2) is 0 Å². The lowest BCUT2D eigenvalue weighted by Gasteiger charge is -2.65. The van der Waals surface area contributed by atoms with E-state index in [0.29, 0.717) is 0 Å². The first kappa shape index (κ1) is 12.3. The minimum absolute atomic E-state index is 0.00606. The molecule has 1 heterocycles. The Hall–Kier alpha value is -1.12. The van der Waals surface area contributed by atoms with Gasteiger partial charge in [0.2, 0.25) is 5.91 Å². The number of nitriles is 1. The van der Waals surface area contributed by atoms with E-state index in [1.54, 1.807) is 0 Å². The zero-order valence-corrected chi connectivity index (χ0v) is 10.3. The highest BCUT2D eigenvalue weighted by atomic mass is 16.5. The molecule has 0 bridgehead atoms. The van der Waals surface area contributed by atoms with E-state index in [1.807, 2.05) is 19.9 Å². The predicted molar refractivity (Wildman–Crippen MR) is 61.8 cm³/mol. The first-order valence-corrected chi connectivity index (χ1v) is 6.02. The number of nitrogens with two attached hydrogens (primary N) is 1. The number of carbonyl (C=O) groups is 1. The average molecular weight is 237 g/mol. The summed E-state index contributed by atoms with van der Waals surface area (Å²) in [6, 6.07) is 1.90. The molecule has 5 nitrogen and oxygen atoms in total. The Labute approximate surface area is 101 Å². The second-order valence-electron chi connectivity index (χ2n) is 5.47. The normalized spacial score (nSPS) is 38.5. The molecule has 0 aromatic carbocycles. The number of nitrogens with zero attached hydrogens (tertiary/aromatic N) is 1. The SMILES string of the molecule is CC1(C)C2OCCCC2C1(N)C(=O)NCC#N. The van der Waals surface area contributed by atoms with Gasteiger partial charge in [-0.3, -0.25) is 4.79 Å². The van der Waals surface area contributed by atoms with Crippen LogP contribution in [0.15, 0.2) is 0 Å². The molecular formula is C12H19N3O2. The number of carbonyl (C=O) groups excluding carboxylic acids is 1. The van der Waals surface area contributed by atoms with E-state index in [4.69, 9.17) is 15.7 Å². The van der Waals surface area contributed by atoms with E-state index < -0.39 is 5.54 Å². The third-order valence-corrected chi connectivity index (χ3v) is 4.39. The number of nitrogens with one attached hydrogen (secondary N) is 1. The summed E-state index contributed by atoms with van der Waals surface area (Å²) in [4.78, 5) is 12.1. The molecule has 0 aromatic heterocycles. The summed E-state index contributed by atoms with van der Waals surface area (Å²) < 4.78 is 5.72. The van der Waals surface area contributed by atoms with Gasteiger partial charge >= 0.3 is 0 Å². The molecule has 2 fully saturated rings. The second kappa shape index (κ2) is 3.97. The number of fused-ring (bicyclic) bond motifs is 1. The molecule has 0 spiro atoms. The molecule has 94 valence electrons. The van der Waals surface area contributed by atoms with Gasteiger partial charge in [-0.2, -0.15) is 5.26 Å². The topological polar surface area (TPSA) is 88.1 Å². The number of amides is 1. The zero-order chi connectivity index (χ0) is 12.7. The Bertz CT molecular complexity index is 374. The van der Waals surface area contributed by atoms with Crippen LogP contribution in [0, 0.1) is 22.7 Å². The molecule has 0 aromatic rings. The van der Waals surface area contributed by atoms with E-state index >= 15 is 0 Å². The smallest absolute Gasteiger partial charge is 0.241 e. The van der Waals surface area contributed by atoms with Crippen LogP contribution in [0.5, 0.6) is 0 Å². The summed E-state index contributed by atoms with van der Waals surface area (Å²) in [5.74, 6) is -0.152. The summed E-state index contributed by atoms with van der Waals surface area (Å²) >= 11 is 0. The van der Waals surface area contributed by atoms with Crippen molar-refractivity contribution in [2.24, 2.45) is 17.1 Å². The van der Waals surface area contributed by atoms with Crippen LogP contribution in [0.3, 0.4) is 0 Å². The van der Waals surface area contributed by atoms with Gasteiger partial charge in [0.25, 0.3) is 0 Å². The summed E-state index contributed by atoms with van der Waals surface area (Å²) in [6.07, 6.45) is 1.93. The maximum Gasteiger partial charge on any atom is 0.241 e. The first-order chi connectivity index (χ1) is 7.96. The van der Waals surface area contributed by atoms with E-state index in [1.165, 1.54) is 0 Å². The van der Waals surface area contributed by atoms with Gasteiger partial charge in [-0.05, 0) is 12.8 Å². The van der Waals surface area contributed by atoms with Crippen LogP contribution in [0.1, 0.15) is 26.7 Å². The molecule has 1 amide bonds. The van der Waals surface area contributed by atoms with Gasteiger partial charge in [-0.1, -0.05) is 13.8 Å². The van der Waals surface area contributed by atoms with Crippen molar-refractivity contribution < 1.29 is 9.53 Å². The van der Waals surface area contributed by atoms with E-state index in [-0.39, 0.29) is 29.9 Å². The zero-order valence-electron chi connectivity index (χ0n) is 10.3. The fourth-order valence-electron chi connectivity index (χ4n) is 3.30. The van der Waals surface area contributed by atoms with Crippen molar-refractivity contribution in [2.75, 3.05) is 13.2 Å². The second-order valence-corrected chi connectivity index (χ2v) is 5.47. The van der Waals surface area contributed by atoms with Crippen molar-refractivity contribution in [1.82, 2.24) is 5.32 Å². The van der Waals surface area contributed by atoms with E-state index in [9.17, 15) is 4.79 Å². The Morgan fingerprint density at radius 2 is 2.35 bits per heavy atom. The van der Waals surface area contributed by atoms with Crippen molar-refractivity contribution in [3.05, 3.63) is 0 Å². The molecule has 1 aliphatic carbocycles. The molecule has 3 N–H and O–H groups in total. The molecule has 0 radical (unpaired) electrons. The Balaban J connectivity index is 2.18. The minimum atomic E-state index is -0.908. The van der Waals surface area contributed by atoms with Crippen LogP contribution >= 0.6 is 0 Å². The molecule has 1 aliphatic heterocycles. The van der Waals surface area contributed by atoms with Gasteiger partial charge in [0.1, 0.15) is 12.1 Å². The van der Waals surface area contributed by atoms with Gasteiger partial charge in [-0.15, -0.1) is 0 Å². The van der Waals surface area contributed by atoms with Crippen molar-refractivity contribution in [3.63, 3.8) is 0 Å². The highest BCUT2D eigenvalue weighted by molar-refractivity contribution is 5.89. The van der Waals surface area contributed by atoms with E-state index in [2.05, 4.69) is 5.32 Å². The quantitative estimate of drug-likeness (QED) is 0.669. The van der Waals surface area contributed by atoms with Crippen LogP contribution in [0.2, 0.25) is 0 Å². The Morgan fingerprint density at radius 1 is 1.65 bits per heavy atom. The monoisotopic (exact) mass is 237 g/mol. The van der Waals surface area contributed by atoms with Crippen LogP contribution in [-0.2, 0) is 9.53 Å². The summed E-state index contributed by atoms with van der Waals surface area (Å²) in [7, 11) is 0. The number of rotatable bonds is 2. The lowest BCUT2D eigenvalue weighted by molar-refractivity contribution is -0.225. The van der Waals surface area contributed by atoms with Crippen molar-refractivity contribution >= 4 is 5.91 Å². The standard InChI is InChI=1S/C12H19N3O2/c1-11(2)9-8(4-3-7-17-9)12(11,14)10(16)15-6-5-13/h8-9H,3-4,6-7,14H2,1-2H3,(H,15,16). The molecule has 5 heteroatoms. The maximum absolute atomic E-state index is 12.1. The summed E-state index contributed by atoms with van der Waals surface area (Å²) in [5, 5.41) is 11.1. The maximum atomic E-state index is 12.1. The van der Waals surface area contributed by atoms with Crippen molar-refractivity contribution in [1.29, 1.82) is 5.26 Å². The molecule has 17 heavy (non-hydrogen) atoms. The summed E-state index contributed by atoms with van der Waals surface area (Å²) in [5.41, 5.74) is 5.03. The van der Waals surface area contributed by atoms with Crippen LogP contribution < -0.4 is 11.1 Å². The lowest BCUT2D eigenvalue weighted by Crippen LogP contribution is -2.82. The van der Waals surface area contributed by atoms with Crippen molar-refractivity contribution in [3.8, 4) is 6.07 Å². The minimum Gasteiger partial charge on any atom is -0.377 e. The van der Waals surface area contributed by atoms with Gasteiger partial charge in [0.15, 0.2) is 0 Å². The van der Waals surface area contributed by atoms with Crippen molar-refractivity contribution in [2.45, 2.75) is 38.3 Å². The van der Waals surface area contributed by atoms with Crippen LogP contribution in [0.25, 0.3) is 0 Å². The molecule has 3 atom stereocenters. The molecule has 1 saturated carbocycles. The largest absolute Gasteiger partial charge is 0.377 e. The van der Waals surface area contributed by atoms with Crippen LogP contribution in [0.4, 0.5) is 0 Å². The van der Waals surface area contributed by atoms with Gasteiger partial charge in [0, 0.05) is 17.9 Å². The summed E-state index contributed by atoms with van der Waals surface area (Å²) in [6.45, 7) is 4.68. The molecule has 3 unspecified atom stereocenters. The van der Waals surface area contributed by atoms with Crippen LogP contribution in [-0.4, -0.2) is 30.7 Å². The third-order valence-electron chi connectivity index (χ3n) is 4.39. The third kappa shape index (κ3) is 1.48. The molecule has 2 rings (SSSR count). The first-order valence-electron chi connectivity index (χ1n) is 6.02. The average Bonchev–Trinajstić information content (AvgIpc) is 2.34. The highest BCUT2D eigenvalue weighted by Gasteiger charge is 2.70. The fourth-order valence-corrected chi connectivity index (χ4v) is 3.30. The fraction of sp³-hybridized carbons (Fsp3) is 0.833. The van der Waals surface area contributed by atoms with Gasteiger partial charge < -0.3 is 15.8 Å². The predicted octanol–water partition coefficient (Wildman–Crippen LogP) is 0.159. The number of ether oxygens (including phenoxy) is 1. The lowest BCUT2D eigenvalue weighted by atomic mass is 9.46. The number of hydrogen-bond acceptors (Lipinski definition) is 4. The van der Waals surface area contributed by atoms with Gasteiger partial charge in [0.05, 0.1) is 12.2 Å². The Kier molecular flexibility index (Phi) is 2.88. The molecule has 2 aliphatic rings. The highest BCUT2D eigenvalue weighted by Crippen LogP contribution is 2.57.